The number of likely N-dealkylation sites (tertiary alicyclic amines) is 1. The van der Waals surface area contributed by atoms with Crippen molar-refractivity contribution in [3.63, 3.8) is 0 Å². The minimum Gasteiger partial charge on any atom is -0.465 e. The molecule has 0 spiro atoms. The molecular weight excluding hydrogens is 360 g/mol. The first-order valence-electron chi connectivity index (χ1n) is 9.65. The van der Waals surface area contributed by atoms with Crippen molar-refractivity contribution in [2.75, 3.05) is 33.1 Å². The Morgan fingerprint density at radius 2 is 2.14 bits per heavy atom. The molecule has 1 aromatic heterocycles. The Bertz CT molecular complexity index is 895. The summed E-state index contributed by atoms with van der Waals surface area (Å²) in [6.45, 7) is 6.01. The molecule has 0 unspecified atom stereocenters. The molecule has 2 aromatic rings. The highest BCUT2D eigenvalue weighted by Gasteiger charge is 2.55. The number of carbonyl (C=O) groups is 1. The molecule has 3 aliphatic rings. The molecule has 1 aromatic carbocycles. The van der Waals surface area contributed by atoms with E-state index in [1.807, 2.05) is 37.3 Å². The van der Waals surface area contributed by atoms with Gasteiger partial charge in [0.15, 0.2) is 11.5 Å². The van der Waals surface area contributed by atoms with Crippen molar-refractivity contribution in [2.24, 2.45) is 11.3 Å². The maximum atomic E-state index is 13.2. The number of rotatable bonds is 5. The number of ether oxygens (including phenoxy) is 3. The monoisotopic (exact) mass is 384 g/mol. The lowest BCUT2D eigenvalue weighted by Gasteiger charge is -2.26. The molecule has 3 aliphatic heterocycles. The fourth-order valence-electron chi connectivity index (χ4n) is 4.48. The molecule has 0 radical (unpaired) electrons. The normalized spacial score (nSPS) is 25.8. The van der Waals surface area contributed by atoms with Crippen LogP contribution in [-0.4, -0.2) is 43.9 Å². The van der Waals surface area contributed by atoms with Gasteiger partial charge in [-0.1, -0.05) is 6.07 Å². The second kappa shape index (κ2) is 6.83. The van der Waals surface area contributed by atoms with Gasteiger partial charge in [0.05, 0.1) is 25.2 Å². The second-order valence-corrected chi connectivity index (χ2v) is 7.92. The number of nitrogens with one attached hydrogen (secondary N) is 1. The average Bonchev–Trinajstić information content (AvgIpc) is 3.43. The number of fused-ring (bicyclic) bond motifs is 2. The van der Waals surface area contributed by atoms with Crippen LogP contribution in [0.1, 0.15) is 17.1 Å². The van der Waals surface area contributed by atoms with Crippen LogP contribution in [0.5, 0.6) is 11.5 Å². The number of nitrogens with zero attached hydrogens (tertiary/aromatic N) is 1. The highest BCUT2D eigenvalue weighted by atomic mass is 16.7. The summed E-state index contributed by atoms with van der Waals surface area (Å²) < 4.78 is 22.2. The number of amides is 1. The van der Waals surface area contributed by atoms with E-state index in [0.717, 1.165) is 41.7 Å². The van der Waals surface area contributed by atoms with Gasteiger partial charge in [-0.3, -0.25) is 9.69 Å². The average molecular weight is 384 g/mol. The maximum absolute atomic E-state index is 13.2. The highest BCUT2D eigenvalue weighted by Crippen LogP contribution is 2.42. The molecule has 1 amide bonds. The molecule has 0 saturated carbocycles. The summed E-state index contributed by atoms with van der Waals surface area (Å²) in [5.41, 5.74) is 0.503. The van der Waals surface area contributed by atoms with Crippen LogP contribution in [0, 0.1) is 18.3 Å². The molecule has 7 heteroatoms. The van der Waals surface area contributed by atoms with Crippen molar-refractivity contribution in [3.8, 4) is 11.5 Å². The predicted molar refractivity (Wildman–Crippen MR) is 99.9 cm³/mol. The van der Waals surface area contributed by atoms with E-state index in [-0.39, 0.29) is 18.6 Å². The number of hydrogen-bond acceptors (Lipinski definition) is 6. The Morgan fingerprint density at radius 1 is 1.25 bits per heavy atom. The van der Waals surface area contributed by atoms with Gasteiger partial charge in [-0.2, -0.15) is 0 Å². The first-order chi connectivity index (χ1) is 13.6. The van der Waals surface area contributed by atoms with Gasteiger partial charge in [0, 0.05) is 25.6 Å². The third-order valence-corrected chi connectivity index (χ3v) is 5.96. The van der Waals surface area contributed by atoms with Gasteiger partial charge in [0.25, 0.3) is 0 Å². The summed E-state index contributed by atoms with van der Waals surface area (Å²) in [5, 5.41) is 3.12. The Hall–Kier alpha value is -2.51. The fourth-order valence-corrected chi connectivity index (χ4v) is 4.48. The van der Waals surface area contributed by atoms with Crippen LogP contribution in [0.4, 0.5) is 0 Å². The summed E-state index contributed by atoms with van der Waals surface area (Å²) in [6.07, 6.45) is 0. The van der Waals surface area contributed by atoms with Crippen LogP contribution in [0.3, 0.4) is 0 Å². The fraction of sp³-hybridized carbons (Fsp3) is 0.476. The van der Waals surface area contributed by atoms with Gasteiger partial charge in [0.1, 0.15) is 11.5 Å². The van der Waals surface area contributed by atoms with Gasteiger partial charge < -0.3 is 23.9 Å². The van der Waals surface area contributed by atoms with Crippen molar-refractivity contribution in [2.45, 2.75) is 20.0 Å². The molecule has 1 N–H and O–H groups in total. The zero-order chi connectivity index (χ0) is 19.1. The number of hydrogen-bond donors (Lipinski definition) is 1. The first-order valence-corrected chi connectivity index (χ1v) is 9.65. The lowest BCUT2D eigenvalue weighted by molar-refractivity contribution is -0.131. The molecule has 2 saturated heterocycles. The lowest BCUT2D eigenvalue weighted by Crippen LogP contribution is -2.46. The Labute approximate surface area is 163 Å². The zero-order valence-electron chi connectivity index (χ0n) is 15.9. The second-order valence-electron chi connectivity index (χ2n) is 7.92. The van der Waals surface area contributed by atoms with E-state index in [2.05, 4.69) is 10.2 Å². The number of aryl methyl sites for hydroxylation is 1. The van der Waals surface area contributed by atoms with Gasteiger partial charge in [-0.05, 0) is 36.8 Å². The lowest BCUT2D eigenvalue weighted by atomic mass is 9.80. The zero-order valence-corrected chi connectivity index (χ0v) is 15.9. The van der Waals surface area contributed by atoms with Crippen molar-refractivity contribution in [1.82, 2.24) is 10.2 Å². The van der Waals surface area contributed by atoms with E-state index in [0.29, 0.717) is 26.3 Å². The van der Waals surface area contributed by atoms with Crippen molar-refractivity contribution < 1.29 is 23.4 Å². The molecule has 2 fully saturated rings. The van der Waals surface area contributed by atoms with Crippen LogP contribution in [0.15, 0.2) is 34.7 Å². The quantitative estimate of drug-likeness (QED) is 0.851. The van der Waals surface area contributed by atoms with E-state index < -0.39 is 5.41 Å². The maximum Gasteiger partial charge on any atom is 0.231 e. The molecule has 7 nitrogen and oxygen atoms in total. The molecule has 28 heavy (non-hydrogen) atoms. The van der Waals surface area contributed by atoms with Crippen LogP contribution in [0.25, 0.3) is 0 Å². The Balaban J connectivity index is 1.25. The minimum absolute atomic E-state index is 0.0609. The van der Waals surface area contributed by atoms with Crippen LogP contribution in [0.2, 0.25) is 0 Å². The first kappa shape index (κ1) is 17.6. The standard InChI is InChI=1S/C21H24N2O5/c1-14-2-4-17(28-14)9-23-8-16-10-25-12-21(16,11-23)20(24)22-7-15-3-5-18-19(6-15)27-13-26-18/h2-6,16H,7-13H2,1H3,(H,22,24)/t16-,21-/m1/s1. The molecule has 148 valence electrons. The summed E-state index contributed by atoms with van der Waals surface area (Å²) in [4.78, 5) is 15.5. The Morgan fingerprint density at radius 3 is 3.00 bits per heavy atom. The number of benzene rings is 1. The molecule has 2 atom stereocenters. The summed E-state index contributed by atoms with van der Waals surface area (Å²) in [7, 11) is 0. The van der Waals surface area contributed by atoms with Gasteiger partial charge in [-0.15, -0.1) is 0 Å². The smallest absolute Gasteiger partial charge is 0.231 e. The van der Waals surface area contributed by atoms with Gasteiger partial charge >= 0.3 is 0 Å². The topological polar surface area (TPSA) is 73.2 Å². The summed E-state index contributed by atoms with van der Waals surface area (Å²) in [6, 6.07) is 9.74. The van der Waals surface area contributed by atoms with Gasteiger partial charge in [0.2, 0.25) is 12.7 Å². The SMILES string of the molecule is Cc1ccc(CN2C[C@@H]3COC[C@]3(C(=O)NCc3ccc4c(c3)OCO4)C2)o1. The molecular formula is C21H24N2O5. The highest BCUT2D eigenvalue weighted by molar-refractivity contribution is 5.84. The third kappa shape index (κ3) is 3.04. The van der Waals surface area contributed by atoms with E-state index in [1.54, 1.807) is 0 Å². The minimum atomic E-state index is -0.488. The van der Waals surface area contributed by atoms with Crippen molar-refractivity contribution in [1.29, 1.82) is 0 Å². The van der Waals surface area contributed by atoms with E-state index in [1.165, 1.54) is 0 Å². The van der Waals surface area contributed by atoms with E-state index >= 15 is 0 Å². The summed E-state index contributed by atoms with van der Waals surface area (Å²) in [5.74, 6) is 3.60. The predicted octanol–water partition coefficient (Wildman–Crippen LogP) is 2.08. The largest absolute Gasteiger partial charge is 0.465 e. The molecule has 0 aliphatic carbocycles. The molecule has 0 bridgehead atoms. The molecule has 5 rings (SSSR count). The van der Waals surface area contributed by atoms with Crippen LogP contribution >= 0.6 is 0 Å². The van der Waals surface area contributed by atoms with Crippen LogP contribution in [-0.2, 0) is 22.6 Å². The third-order valence-electron chi connectivity index (χ3n) is 5.96. The summed E-state index contributed by atoms with van der Waals surface area (Å²) >= 11 is 0. The molecule has 4 heterocycles. The van der Waals surface area contributed by atoms with Crippen molar-refractivity contribution in [3.05, 3.63) is 47.4 Å². The van der Waals surface area contributed by atoms with Crippen LogP contribution < -0.4 is 14.8 Å². The number of furan rings is 1. The number of carbonyl (C=O) groups excluding carboxylic acids is 1. The van der Waals surface area contributed by atoms with E-state index in [9.17, 15) is 4.79 Å². The Kier molecular flexibility index (Phi) is 4.29. The van der Waals surface area contributed by atoms with E-state index in [4.69, 9.17) is 18.6 Å². The van der Waals surface area contributed by atoms with Crippen molar-refractivity contribution >= 4 is 5.91 Å². The van der Waals surface area contributed by atoms with Gasteiger partial charge in [-0.25, -0.2) is 0 Å².